The van der Waals surface area contributed by atoms with E-state index in [1.54, 1.807) is 6.20 Å². The molecule has 0 saturated heterocycles. The fourth-order valence-corrected chi connectivity index (χ4v) is 1.64. The molecule has 82 valence electrons. The lowest BCUT2D eigenvalue weighted by Gasteiger charge is -2.17. The molecule has 1 N–H and O–H groups in total. The van der Waals surface area contributed by atoms with Crippen LogP contribution in [-0.4, -0.2) is 21.5 Å². The van der Waals surface area contributed by atoms with Crippen LogP contribution < -0.4 is 5.32 Å². The number of pyridine rings is 1. The molecule has 16 heavy (non-hydrogen) atoms. The first-order valence-corrected chi connectivity index (χ1v) is 5.30. The predicted molar refractivity (Wildman–Crippen MR) is 61.8 cm³/mol. The third-order valence-electron chi connectivity index (χ3n) is 2.34. The molecule has 0 bridgehead atoms. The van der Waals surface area contributed by atoms with Crippen LogP contribution in [0.15, 0.2) is 43.2 Å². The molecule has 2 rings (SSSR count). The van der Waals surface area contributed by atoms with Gasteiger partial charge in [-0.15, -0.1) is 0 Å². The molecule has 2 heterocycles. The van der Waals surface area contributed by atoms with E-state index < -0.39 is 0 Å². The summed E-state index contributed by atoms with van der Waals surface area (Å²) in [5.41, 5.74) is 2.18. The summed E-state index contributed by atoms with van der Waals surface area (Å²) < 4.78 is 0. The summed E-state index contributed by atoms with van der Waals surface area (Å²) in [6.07, 6.45) is 8.82. The van der Waals surface area contributed by atoms with Gasteiger partial charge in [-0.3, -0.25) is 4.98 Å². The largest absolute Gasteiger partial charge is 0.306 e. The second kappa shape index (κ2) is 5.32. The van der Waals surface area contributed by atoms with E-state index >= 15 is 0 Å². The molecule has 1 unspecified atom stereocenters. The molecule has 0 saturated carbocycles. The van der Waals surface area contributed by atoms with Gasteiger partial charge in [0.2, 0.25) is 0 Å². The summed E-state index contributed by atoms with van der Waals surface area (Å²) in [4.78, 5) is 12.2. The third kappa shape index (κ3) is 2.41. The number of hydrogen-bond donors (Lipinski definition) is 1. The summed E-state index contributed by atoms with van der Waals surface area (Å²) in [7, 11) is 0. The third-order valence-corrected chi connectivity index (χ3v) is 2.34. The van der Waals surface area contributed by atoms with Crippen LogP contribution in [0.5, 0.6) is 0 Å². The molecule has 4 heteroatoms. The normalized spacial score (nSPS) is 12.3. The van der Waals surface area contributed by atoms with Gasteiger partial charge >= 0.3 is 0 Å². The molecular weight excluding hydrogens is 200 g/mol. The molecule has 0 aromatic carbocycles. The van der Waals surface area contributed by atoms with Crippen LogP contribution in [0.2, 0.25) is 0 Å². The van der Waals surface area contributed by atoms with Crippen molar-refractivity contribution < 1.29 is 0 Å². The molecule has 0 aliphatic carbocycles. The standard InChI is InChI=1S/C12H14N4/c1-2-16-12(10-4-3-5-13-6-10)11-7-14-9-15-8-11/h3-9,12,16H,2H2,1H3. The van der Waals surface area contributed by atoms with Crippen molar-refractivity contribution in [3.63, 3.8) is 0 Å². The van der Waals surface area contributed by atoms with Crippen molar-refractivity contribution in [3.8, 4) is 0 Å². The molecular formula is C12H14N4. The zero-order chi connectivity index (χ0) is 11.2. The van der Waals surface area contributed by atoms with Crippen LogP contribution in [0.4, 0.5) is 0 Å². The second-order valence-electron chi connectivity index (χ2n) is 3.45. The Morgan fingerprint density at radius 3 is 2.50 bits per heavy atom. The van der Waals surface area contributed by atoms with Gasteiger partial charge in [-0.05, 0) is 18.2 Å². The minimum absolute atomic E-state index is 0.111. The van der Waals surface area contributed by atoms with Crippen molar-refractivity contribution in [1.82, 2.24) is 20.3 Å². The minimum Gasteiger partial charge on any atom is -0.306 e. The van der Waals surface area contributed by atoms with E-state index in [0.717, 1.165) is 17.7 Å². The minimum atomic E-state index is 0.111. The quantitative estimate of drug-likeness (QED) is 0.839. The molecule has 0 spiro atoms. The van der Waals surface area contributed by atoms with Gasteiger partial charge in [0.1, 0.15) is 6.33 Å². The smallest absolute Gasteiger partial charge is 0.115 e. The fourth-order valence-electron chi connectivity index (χ4n) is 1.64. The molecule has 2 aromatic rings. The second-order valence-corrected chi connectivity index (χ2v) is 3.45. The van der Waals surface area contributed by atoms with Crippen molar-refractivity contribution in [2.75, 3.05) is 6.54 Å². The van der Waals surface area contributed by atoms with Gasteiger partial charge in [0.25, 0.3) is 0 Å². The van der Waals surface area contributed by atoms with Crippen molar-refractivity contribution in [1.29, 1.82) is 0 Å². The molecule has 0 radical (unpaired) electrons. The SMILES string of the molecule is CCNC(c1cccnc1)c1cncnc1. The predicted octanol–water partition coefficient (Wildman–Crippen LogP) is 1.57. The van der Waals surface area contributed by atoms with Gasteiger partial charge in [-0.25, -0.2) is 9.97 Å². The Kier molecular flexibility index (Phi) is 3.56. The molecule has 0 aliphatic rings. The number of hydrogen-bond acceptors (Lipinski definition) is 4. The van der Waals surface area contributed by atoms with E-state index in [1.165, 1.54) is 6.33 Å². The van der Waals surface area contributed by atoms with Crippen LogP contribution >= 0.6 is 0 Å². The number of rotatable bonds is 4. The Bertz CT molecular complexity index is 376. The van der Waals surface area contributed by atoms with E-state index in [9.17, 15) is 0 Å². The molecule has 0 fully saturated rings. The first-order valence-electron chi connectivity index (χ1n) is 5.30. The summed E-state index contributed by atoms with van der Waals surface area (Å²) >= 11 is 0. The van der Waals surface area contributed by atoms with Crippen LogP contribution in [-0.2, 0) is 0 Å². The Morgan fingerprint density at radius 1 is 1.12 bits per heavy atom. The average molecular weight is 214 g/mol. The maximum absolute atomic E-state index is 4.13. The number of nitrogens with zero attached hydrogens (tertiary/aromatic N) is 3. The van der Waals surface area contributed by atoms with Gasteiger partial charge in [0.05, 0.1) is 6.04 Å². The summed E-state index contributed by atoms with van der Waals surface area (Å²) in [6, 6.07) is 4.09. The summed E-state index contributed by atoms with van der Waals surface area (Å²) in [5.74, 6) is 0. The highest BCUT2D eigenvalue weighted by Gasteiger charge is 2.12. The Hall–Kier alpha value is -1.81. The monoisotopic (exact) mass is 214 g/mol. The maximum atomic E-state index is 4.13. The van der Waals surface area contributed by atoms with E-state index in [4.69, 9.17) is 0 Å². The van der Waals surface area contributed by atoms with E-state index in [1.807, 2.05) is 30.7 Å². The van der Waals surface area contributed by atoms with Gasteiger partial charge in [-0.2, -0.15) is 0 Å². The fraction of sp³-hybridized carbons (Fsp3) is 0.250. The molecule has 0 amide bonds. The highest BCUT2D eigenvalue weighted by Crippen LogP contribution is 2.19. The van der Waals surface area contributed by atoms with Crippen LogP contribution in [0.1, 0.15) is 24.1 Å². The van der Waals surface area contributed by atoms with Gasteiger partial charge in [0, 0.05) is 30.4 Å². The molecule has 2 aromatic heterocycles. The lowest BCUT2D eigenvalue weighted by atomic mass is 10.0. The van der Waals surface area contributed by atoms with Gasteiger partial charge < -0.3 is 5.32 Å². The van der Waals surface area contributed by atoms with Gasteiger partial charge in [-0.1, -0.05) is 13.0 Å². The summed E-state index contributed by atoms with van der Waals surface area (Å²) in [5, 5.41) is 3.40. The highest BCUT2D eigenvalue weighted by molar-refractivity contribution is 5.26. The highest BCUT2D eigenvalue weighted by atomic mass is 14.9. The van der Waals surface area contributed by atoms with Crippen LogP contribution in [0, 0.1) is 0 Å². The first kappa shape index (κ1) is 10.7. The van der Waals surface area contributed by atoms with E-state index in [2.05, 4.69) is 27.2 Å². The number of nitrogens with one attached hydrogen (secondary N) is 1. The number of aromatic nitrogens is 3. The van der Waals surface area contributed by atoms with E-state index in [0.29, 0.717) is 0 Å². The molecule has 1 atom stereocenters. The van der Waals surface area contributed by atoms with Crippen molar-refractivity contribution in [3.05, 3.63) is 54.4 Å². The Balaban J connectivity index is 2.31. The lowest BCUT2D eigenvalue weighted by Crippen LogP contribution is -2.22. The first-order chi connectivity index (χ1) is 7.92. The topological polar surface area (TPSA) is 50.7 Å². The zero-order valence-electron chi connectivity index (χ0n) is 9.17. The van der Waals surface area contributed by atoms with Crippen molar-refractivity contribution >= 4 is 0 Å². The summed E-state index contributed by atoms with van der Waals surface area (Å²) in [6.45, 7) is 2.96. The lowest BCUT2D eigenvalue weighted by molar-refractivity contribution is 0.624. The molecule has 4 nitrogen and oxygen atoms in total. The average Bonchev–Trinajstić information content (AvgIpc) is 2.38. The zero-order valence-corrected chi connectivity index (χ0v) is 9.17. The molecule has 0 aliphatic heterocycles. The van der Waals surface area contributed by atoms with Crippen molar-refractivity contribution in [2.45, 2.75) is 13.0 Å². The Morgan fingerprint density at radius 2 is 1.88 bits per heavy atom. The van der Waals surface area contributed by atoms with Crippen LogP contribution in [0.3, 0.4) is 0 Å². The van der Waals surface area contributed by atoms with Crippen LogP contribution in [0.25, 0.3) is 0 Å². The maximum Gasteiger partial charge on any atom is 0.115 e. The van der Waals surface area contributed by atoms with Gasteiger partial charge in [0.15, 0.2) is 0 Å². The van der Waals surface area contributed by atoms with E-state index in [-0.39, 0.29) is 6.04 Å². The Labute approximate surface area is 94.8 Å². The van der Waals surface area contributed by atoms with Crippen molar-refractivity contribution in [2.24, 2.45) is 0 Å².